The maximum absolute atomic E-state index is 12.4. The topological polar surface area (TPSA) is 104 Å². The number of pyridine rings is 2. The number of fused-ring (bicyclic) bond motifs is 1. The van der Waals surface area contributed by atoms with E-state index in [4.69, 9.17) is 0 Å². The highest BCUT2D eigenvalue weighted by atomic mass is 16.2. The summed E-state index contributed by atoms with van der Waals surface area (Å²) in [4.78, 5) is 43.5. The first-order chi connectivity index (χ1) is 12.6. The summed E-state index contributed by atoms with van der Waals surface area (Å²) in [5.74, 6) is -0.914. The summed E-state index contributed by atoms with van der Waals surface area (Å²) >= 11 is 0. The minimum atomic E-state index is -0.586. The lowest BCUT2D eigenvalue weighted by Crippen LogP contribution is -2.39. The number of aromatic nitrogens is 2. The molecule has 0 fully saturated rings. The molecule has 132 valence electrons. The molecule has 0 aliphatic carbocycles. The number of nitrogens with one attached hydrogen (secondary N) is 3. The van der Waals surface area contributed by atoms with Crippen molar-refractivity contribution in [1.29, 1.82) is 0 Å². The van der Waals surface area contributed by atoms with Crippen molar-refractivity contribution in [3.8, 4) is 0 Å². The van der Waals surface area contributed by atoms with Crippen molar-refractivity contribution in [3.05, 3.63) is 76.3 Å². The van der Waals surface area contributed by atoms with Crippen LogP contribution in [0.25, 0.3) is 10.9 Å². The zero-order valence-electron chi connectivity index (χ0n) is 14.0. The molecule has 2 heterocycles. The van der Waals surface area contributed by atoms with Gasteiger partial charge in [0.2, 0.25) is 11.3 Å². The molecular weight excluding hydrogens is 332 g/mol. The molecule has 0 radical (unpaired) electrons. The normalized spacial score (nSPS) is 10.5. The molecule has 7 heteroatoms. The number of H-pyrrole nitrogens is 1. The van der Waals surface area contributed by atoms with Gasteiger partial charge >= 0.3 is 0 Å². The van der Waals surface area contributed by atoms with Crippen LogP contribution in [0.2, 0.25) is 0 Å². The van der Waals surface area contributed by atoms with E-state index >= 15 is 0 Å². The molecule has 0 atom stereocenters. The number of para-hydroxylation sites is 1. The second-order valence-corrected chi connectivity index (χ2v) is 5.68. The van der Waals surface area contributed by atoms with Crippen LogP contribution in [0, 0.1) is 0 Å². The number of rotatable bonds is 6. The van der Waals surface area contributed by atoms with Gasteiger partial charge in [-0.05, 0) is 24.3 Å². The van der Waals surface area contributed by atoms with E-state index in [0.717, 1.165) is 5.69 Å². The minimum Gasteiger partial charge on any atom is -0.360 e. The molecule has 0 spiro atoms. The van der Waals surface area contributed by atoms with Crippen LogP contribution in [0.4, 0.5) is 0 Å². The molecule has 0 saturated heterocycles. The van der Waals surface area contributed by atoms with Crippen molar-refractivity contribution >= 4 is 22.7 Å². The van der Waals surface area contributed by atoms with Gasteiger partial charge in [-0.1, -0.05) is 18.2 Å². The highest BCUT2D eigenvalue weighted by Crippen LogP contribution is 2.06. The fraction of sp³-hybridized carbons (Fsp3) is 0.158. The lowest BCUT2D eigenvalue weighted by molar-refractivity contribution is -0.120. The van der Waals surface area contributed by atoms with Crippen LogP contribution in [0.5, 0.6) is 0 Å². The molecule has 3 aromatic rings. The Balaban J connectivity index is 1.53. The van der Waals surface area contributed by atoms with Gasteiger partial charge in [-0.15, -0.1) is 0 Å². The van der Waals surface area contributed by atoms with Crippen LogP contribution in [0.1, 0.15) is 16.1 Å². The van der Waals surface area contributed by atoms with E-state index in [1.54, 1.807) is 30.5 Å². The molecule has 2 aromatic heterocycles. The molecule has 1 aromatic carbocycles. The van der Waals surface area contributed by atoms with Gasteiger partial charge in [0.1, 0.15) is 5.56 Å². The lowest BCUT2D eigenvalue weighted by atomic mass is 10.1. The number of hydrogen-bond acceptors (Lipinski definition) is 4. The predicted octanol–water partition coefficient (Wildman–Crippen LogP) is 1.01. The number of carbonyl (C=O) groups is 2. The number of benzene rings is 1. The molecule has 0 bridgehead atoms. The second kappa shape index (κ2) is 8.06. The molecule has 26 heavy (non-hydrogen) atoms. The van der Waals surface area contributed by atoms with Crippen molar-refractivity contribution in [2.45, 2.75) is 6.42 Å². The zero-order valence-corrected chi connectivity index (χ0v) is 14.0. The molecular formula is C19H18N4O3. The van der Waals surface area contributed by atoms with Crippen molar-refractivity contribution < 1.29 is 9.59 Å². The highest BCUT2D eigenvalue weighted by Gasteiger charge is 2.13. The first-order valence-corrected chi connectivity index (χ1v) is 8.20. The van der Waals surface area contributed by atoms with Gasteiger partial charge in [-0.2, -0.15) is 0 Å². The molecule has 0 aliphatic heterocycles. The Labute approximate surface area is 149 Å². The van der Waals surface area contributed by atoms with Crippen molar-refractivity contribution in [2.75, 3.05) is 13.1 Å². The van der Waals surface area contributed by atoms with Crippen LogP contribution in [-0.2, 0) is 11.2 Å². The van der Waals surface area contributed by atoms with Gasteiger partial charge in [0.15, 0.2) is 0 Å². The molecule has 0 unspecified atom stereocenters. The van der Waals surface area contributed by atoms with E-state index in [9.17, 15) is 14.4 Å². The number of aromatic amines is 1. The molecule has 0 saturated carbocycles. The largest absolute Gasteiger partial charge is 0.360 e. The third kappa shape index (κ3) is 4.13. The summed E-state index contributed by atoms with van der Waals surface area (Å²) < 4.78 is 0. The van der Waals surface area contributed by atoms with Crippen LogP contribution in [-0.4, -0.2) is 34.9 Å². The van der Waals surface area contributed by atoms with Crippen LogP contribution in [0.3, 0.4) is 0 Å². The zero-order chi connectivity index (χ0) is 18.4. The number of hydrogen-bond donors (Lipinski definition) is 3. The molecule has 0 aliphatic rings. The fourth-order valence-electron chi connectivity index (χ4n) is 2.53. The Morgan fingerprint density at radius 1 is 1.04 bits per heavy atom. The van der Waals surface area contributed by atoms with Gasteiger partial charge in [0.25, 0.3) is 5.91 Å². The average molecular weight is 350 g/mol. The maximum Gasteiger partial charge on any atom is 0.257 e. The minimum absolute atomic E-state index is 0.0232. The Bertz CT molecular complexity index is 983. The summed E-state index contributed by atoms with van der Waals surface area (Å²) in [6, 6.07) is 12.5. The summed E-state index contributed by atoms with van der Waals surface area (Å²) in [6.45, 7) is 0.218. The van der Waals surface area contributed by atoms with Crippen molar-refractivity contribution in [2.24, 2.45) is 0 Å². The first-order valence-electron chi connectivity index (χ1n) is 8.20. The molecule has 3 rings (SSSR count). The monoisotopic (exact) mass is 350 g/mol. The SMILES string of the molecule is O=C(CNC(=O)c1c[nH]c2ccccc2c1=O)NCCc1ccccn1. The van der Waals surface area contributed by atoms with Crippen LogP contribution >= 0.6 is 0 Å². The Morgan fingerprint density at radius 3 is 2.65 bits per heavy atom. The second-order valence-electron chi connectivity index (χ2n) is 5.68. The van der Waals surface area contributed by atoms with E-state index in [1.165, 1.54) is 6.20 Å². The Morgan fingerprint density at radius 2 is 1.85 bits per heavy atom. The van der Waals surface area contributed by atoms with Gasteiger partial charge in [-0.25, -0.2) is 0 Å². The predicted molar refractivity (Wildman–Crippen MR) is 97.9 cm³/mol. The maximum atomic E-state index is 12.4. The number of carbonyl (C=O) groups excluding carboxylic acids is 2. The van der Waals surface area contributed by atoms with E-state index in [2.05, 4.69) is 20.6 Å². The summed E-state index contributed by atoms with van der Waals surface area (Å²) in [6.07, 6.45) is 3.66. The van der Waals surface area contributed by atoms with Crippen molar-refractivity contribution in [3.63, 3.8) is 0 Å². The smallest absolute Gasteiger partial charge is 0.257 e. The van der Waals surface area contributed by atoms with Crippen LogP contribution < -0.4 is 16.1 Å². The summed E-state index contributed by atoms with van der Waals surface area (Å²) in [7, 11) is 0. The molecule has 2 amide bonds. The Kier molecular flexibility index (Phi) is 5.38. The molecule has 3 N–H and O–H groups in total. The van der Waals surface area contributed by atoms with E-state index in [0.29, 0.717) is 23.9 Å². The number of amides is 2. The number of nitrogens with zero attached hydrogens (tertiary/aromatic N) is 1. The summed E-state index contributed by atoms with van der Waals surface area (Å²) in [5, 5.41) is 5.60. The van der Waals surface area contributed by atoms with E-state index in [-0.39, 0.29) is 23.4 Å². The standard InChI is InChI=1S/C19H18N4O3/c24-17(21-10-8-13-5-3-4-9-20-13)12-23-19(26)15-11-22-16-7-2-1-6-14(16)18(15)25/h1-7,9,11H,8,10,12H2,(H,21,24)(H,22,25)(H,23,26). The Hall–Kier alpha value is -3.48. The van der Waals surface area contributed by atoms with Gasteiger partial charge in [0.05, 0.1) is 6.54 Å². The van der Waals surface area contributed by atoms with Crippen LogP contribution in [0.15, 0.2) is 59.7 Å². The first kappa shape index (κ1) is 17.3. The lowest BCUT2D eigenvalue weighted by Gasteiger charge is -2.07. The average Bonchev–Trinajstić information content (AvgIpc) is 2.67. The van der Waals surface area contributed by atoms with Gasteiger partial charge in [-0.3, -0.25) is 19.4 Å². The van der Waals surface area contributed by atoms with E-state index < -0.39 is 5.91 Å². The van der Waals surface area contributed by atoms with Gasteiger partial charge < -0.3 is 15.6 Å². The van der Waals surface area contributed by atoms with Gasteiger partial charge in [0, 0.05) is 42.0 Å². The third-order valence-corrected chi connectivity index (χ3v) is 3.87. The third-order valence-electron chi connectivity index (χ3n) is 3.87. The quantitative estimate of drug-likeness (QED) is 0.617. The molecule has 7 nitrogen and oxygen atoms in total. The van der Waals surface area contributed by atoms with E-state index in [1.807, 2.05) is 18.2 Å². The summed E-state index contributed by atoms with van der Waals surface area (Å²) in [5.41, 5.74) is 1.14. The fourth-order valence-corrected chi connectivity index (χ4v) is 2.53. The van der Waals surface area contributed by atoms with Crippen molar-refractivity contribution in [1.82, 2.24) is 20.6 Å². The highest BCUT2D eigenvalue weighted by molar-refractivity contribution is 5.98.